The molecule has 3 rings (SSSR count). The maximum Gasteiger partial charge on any atom is 0.354 e. The van der Waals surface area contributed by atoms with Gasteiger partial charge in [-0.2, -0.15) is 0 Å². The molecule has 32 heavy (non-hydrogen) atoms. The average Bonchev–Trinajstić information content (AvgIpc) is 3.05. The molecule has 0 spiro atoms. The number of carbonyl (C=O) groups is 3. The van der Waals surface area contributed by atoms with Crippen LogP contribution in [0.3, 0.4) is 0 Å². The first-order chi connectivity index (χ1) is 15.3. The summed E-state index contributed by atoms with van der Waals surface area (Å²) in [5.74, 6) is -2.90. The van der Waals surface area contributed by atoms with Crippen LogP contribution in [-0.4, -0.2) is 37.2 Å². The zero-order valence-electron chi connectivity index (χ0n) is 17.9. The molecular formula is C24H24N2O6. The van der Waals surface area contributed by atoms with Crippen LogP contribution >= 0.6 is 0 Å². The lowest BCUT2D eigenvalue weighted by molar-refractivity contribution is 0.0668. The lowest BCUT2D eigenvalue weighted by Gasteiger charge is -2.10. The highest BCUT2D eigenvalue weighted by atomic mass is 16.4. The molecule has 2 aromatic carbocycles. The van der Waals surface area contributed by atoms with Crippen molar-refractivity contribution in [1.82, 2.24) is 9.13 Å². The van der Waals surface area contributed by atoms with Crippen molar-refractivity contribution in [2.24, 2.45) is 0 Å². The first-order valence-electron chi connectivity index (χ1n) is 10.3. The Balaban J connectivity index is 2.04. The van der Waals surface area contributed by atoms with Crippen molar-refractivity contribution in [3.05, 3.63) is 81.5 Å². The molecule has 0 aliphatic rings. The van der Waals surface area contributed by atoms with E-state index >= 15 is 0 Å². The number of carboxylic acids is 2. The molecule has 8 nitrogen and oxygen atoms in total. The van der Waals surface area contributed by atoms with E-state index < -0.39 is 23.5 Å². The van der Waals surface area contributed by atoms with Gasteiger partial charge >= 0.3 is 17.6 Å². The third-order valence-electron chi connectivity index (χ3n) is 5.25. The van der Waals surface area contributed by atoms with Crippen molar-refractivity contribution >= 4 is 17.8 Å². The van der Waals surface area contributed by atoms with Crippen LogP contribution < -0.4 is 5.69 Å². The first-order valence-corrected chi connectivity index (χ1v) is 10.3. The molecule has 2 N–H and O–H groups in total. The standard InChI is InChI=1S/C24H24N2O6/c1-3-7-19-21(23(30)31)26(20(27)4-2)24(32)25(19)14-15-10-12-16(13-11-15)17-8-5-6-9-18(17)22(28)29/h5-6,8-13H,3-4,7,14H2,1-2H3,(H,28,29)(H,30,31). The van der Waals surface area contributed by atoms with Gasteiger partial charge in [0.2, 0.25) is 5.91 Å². The fourth-order valence-electron chi connectivity index (χ4n) is 3.74. The van der Waals surface area contributed by atoms with Crippen molar-refractivity contribution in [3.63, 3.8) is 0 Å². The minimum absolute atomic E-state index is 0.00739. The quantitative estimate of drug-likeness (QED) is 0.555. The molecule has 0 radical (unpaired) electrons. The highest BCUT2D eigenvalue weighted by Crippen LogP contribution is 2.24. The molecule has 3 aromatic rings. The van der Waals surface area contributed by atoms with Crippen LogP contribution in [-0.2, 0) is 13.0 Å². The molecule has 1 heterocycles. The molecule has 0 amide bonds. The number of benzene rings is 2. The Hall–Kier alpha value is -3.94. The number of carbonyl (C=O) groups excluding carboxylic acids is 1. The molecule has 0 aliphatic heterocycles. The monoisotopic (exact) mass is 436 g/mol. The average molecular weight is 436 g/mol. The Kier molecular flexibility index (Phi) is 6.73. The van der Waals surface area contributed by atoms with Gasteiger partial charge in [0.1, 0.15) is 0 Å². The number of aromatic carboxylic acids is 2. The summed E-state index contributed by atoms with van der Waals surface area (Å²) in [6, 6.07) is 13.7. The fourth-order valence-corrected chi connectivity index (χ4v) is 3.74. The van der Waals surface area contributed by atoms with Crippen LogP contribution in [0.4, 0.5) is 0 Å². The number of hydrogen-bond acceptors (Lipinski definition) is 4. The maximum atomic E-state index is 13.0. The Labute approximate surface area is 184 Å². The van der Waals surface area contributed by atoms with E-state index in [0.29, 0.717) is 29.7 Å². The molecule has 166 valence electrons. The Morgan fingerprint density at radius 1 is 0.906 bits per heavy atom. The van der Waals surface area contributed by atoms with Gasteiger partial charge in [0.05, 0.1) is 17.8 Å². The highest BCUT2D eigenvalue weighted by Gasteiger charge is 2.27. The van der Waals surface area contributed by atoms with Crippen molar-refractivity contribution in [1.29, 1.82) is 0 Å². The Bertz CT molecular complexity index is 1230. The first kappa shape index (κ1) is 22.7. The lowest BCUT2D eigenvalue weighted by atomic mass is 9.99. The molecular weight excluding hydrogens is 412 g/mol. The number of hydrogen-bond donors (Lipinski definition) is 2. The van der Waals surface area contributed by atoms with Gasteiger partial charge in [0.25, 0.3) is 0 Å². The molecule has 0 saturated carbocycles. The maximum absolute atomic E-state index is 13.0. The molecule has 0 atom stereocenters. The lowest BCUT2D eigenvalue weighted by Crippen LogP contribution is -2.30. The number of carboxylic acid groups (broad SMARTS) is 2. The van der Waals surface area contributed by atoms with E-state index in [9.17, 15) is 29.4 Å². The van der Waals surface area contributed by atoms with Gasteiger partial charge in [-0.15, -0.1) is 0 Å². The van der Waals surface area contributed by atoms with Crippen LogP contribution in [0.1, 0.15) is 63.6 Å². The summed E-state index contributed by atoms with van der Waals surface area (Å²) in [6.07, 6.45) is 0.952. The van der Waals surface area contributed by atoms with E-state index in [0.717, 1.165) is 10.1 Å². The zero-order chi connectivity index (χ0) is 23.4. The summed E-state index contributed by atoms with van der Waals surface area (Å²) in [7, 11) is 0. The summed E-state index contributed by atoms with van der Waals surface area (Å²) in [6.45, 7) is 3.54. The predicted molar refractivity (Wildman–Crippen MR) is 119 cm³/mol. The second kappa shape index (κ2) is 9.47. The second-order valence-corrected chi connectivity index (χ2v) is 7.35. The van der Waals surface area contributed by atoms with Crippen LogP contribution in [0.5, 0.6) is 0 Å². The highest BCUT2D eigenvalue weighted by molar-refractivity contribution is 5.96. The van der Waals surface area contributed by atoms with E-state index in [2.05, 4.69) is 0 Å². The summed E-state index contributed by atoms with van der Waals surface area (Å²) in [5, 5.41) is 19.1. The summed E-state index contributed by atoms with van der Waals surface area (Å²) >= 11 is 0. The van der Waals surface area contributed by atoms with Gasteiger partial charge in [-0.05, 0) is 29.2 Å². The third kappa shape index (κ3) is 4.25. The normalized spacial score (nSPS) is 10.8. The molecule has 0 saturated heterocycles. The van der Waals surface area contributed by atoms with Gasteiger partial charge in [-0.25, -0.2) is 19.0 Å². The minimum atomic E-state index is -1.31. The van der Waals surface area contributed by atoms with E-state index in [4.69, 9.17) is 0 Å². The Morgan fingerprint density at radius 2 is 1.56 bits per heavy atom. The summed E-state index contributed by atoms with van der Waals surface area (Å²) in [4.78, 5) is 48.7. The summed E-state index contributed by atoms with van der Waals surface area (Å²) in [5.41, 5.74) is 1.55. The van der Waals surface area contributed by atoms with E-state index in [-0.39, 0.29) is 24.2 Å². The minimum Gasteiger partial charge on any atom is -0.478 e. The largest absolute Gasteiger partial charge is 0.478 e. The third-order valence-corrected chi connectivity index (χ3v) is 5.25. The topological polar surface area (TPSA) is 119 Å². The number of imidazole rings is 1. The van der Waals surface area contributed by atoms with Crippen molar-refractivity contribution in [3.8, 4) is 11.1 Å². The number of aromatic nitrogens is 2. The van der Waals surface area contributed by atoms with Crippen LogP contribution in [0.15, 0.2) is 53.3 Å². The van der Waals surface area contributed by atoms with E-state index in [1.165, 1.54) is 10.6 Å². The van der Waals surface area contributed by atoms with Crippen molar-refractivity contribution < 1.29 is 24.6 Å². The molecule has 0 bridgehead atoms. The molecule has 0 fully saturated rings. The molecule has 8 heteroatoms. The SMILES string of the molecule is CCCc1c(C(=O)O)n(C(=O)CC)c(=O)n1Cc1ccc(-c2ccccc2C(=O)O)cc1. The molecule has 0 unspecified atom stereocenters. The van der Waals surface area contributed by atoms with Gasteiger partial charge in [0.15, 0.2) is 5.69 Å². The summed E-state index contributed by atoms with van der Waals surface area (Å²) < 4.78 is 2.09. The van der Waals surface area contributed by atoms with Crippen LogP contribution in [0.25, 0.3) is 11.1 Å². The second-order valence-electron chi connectivity index (χ2n) is 7.35. The smallest absolute Gasteiger partial charge is 0.354 e. The predicted octanol–water partition coefficient (Wildman–Crippen LogP) is 3.76. The van der Waals surface area contributed by atoms with Gasteiger partial charge in [0, 0.05) is 6.42 Å². The number of rotatable bonds is 8. The van der Waals surface area contributed by atoms with Gasteiger partial charge < -0.3 is 10.2 Å². The van der Waals surface area contributed by atoms with E-state index in [1.54, 1.807) is 49.4 Å². The van der Waals surface area contributed by atoms with Gasteiger partial charge in [-0.3, -0.25) is 9.36 Å². The van der Waals surface area contributed by atoms with Crippen molar-refractivity contribution in [2.75, 3.05) is 0 Å². The van der Waals surface area contributed by atoms with Crippen LogP contribution in [0, 0.1) is 0 Å². The molecule has 1 aromatic heterocycles. The fraction of sp³-hybridized carbons (Fsp3) is 0.250. The molecule has 0 aliphatic carbocycles. The number of nitrogens with zero attached hydrogens (tertiary/aromatic N) is 2. The van der Waals surface area contributed by atoms with Crippen molar-refractivity contribution in [2.45, 2.75) is 39.7 Å². The Morgan fingerprint density at radius 3 is 2.12 bits per heavy atom. The van der Waals surface area contributed by atoms with Crippen LogP contribution in [0.2, 0.25) is 0 Å². The van der Waals surface area contributed by atoms with Gasteiger partial charge in [-0.1, -0.05) is 62.7 Å². The van der Waals surface area contributed by atoms with E-state index in [1.807, 2.05) is 6.92 Å². The zero-order valence-corrected chi connectivity index (χ0v) is 17.9.